The maximum Gasteiger partial charge on any atom is 0.0644 e. The van der Waals surface area contributed by atoms with E-state index in [1.165, 1.54) is 11.3 Å². The Morgan fingerprint density at radius 1 is 1.47 bits per heavy atom. The van der Waals surface area contributed by atoms with Crippen molar-refractivity contribution in [2.24, 2.45) is 7.05 Å². The predicted molar refractivity (Wildman–Crippen MR) is 71.8 cm³/mol. The molecule has 2 unspecified atom stereocenters. The van der Waals surface area contributed by atoms with Gasteiger partial charge >= 0.3 is 0 Å². The molecule has 17 heavy (non-hydrogen) atoms. The number of nitrogens with one attached hydrogen (secondary N) is 1. The second kappa shape index (κ2) is 5.88. The number of terminal acetylenes is 1. The van der Waals surface area contributed by atoms with E-state index in [1.807, 2.05) is 11.7 Å². The summed E-state index contributed by atoms with van der Waals surface area (Å²) in [6.45, 7) is 8.50. The molecule has 0 spiro atoms. The van der Waals surface area contributed by atoms with E-state index in [0.29, 0.717) is 12.1 Å². The van der Waals surface area contributed by atoms with Gasteiger partial charge in [-0.15, -0.1) is 12.3 Å². The smallest absolute Gasteiger partial charge is 0.0644 e. The fourth-order valence-electron chi connectivity index (χ4n) is 2.32. The molecule has 1 aromatic heterocycles. The van der Waals surface area contributed by atoms with Crippen LogP contribution in [0.1, 0.15) is 49.7 Å². The summed E-state index contributed by atoms with van der Waals surface area (Å²) in [5.74, 6) is 2.73. The molecule has 94 valence electrons. The van der Waals surface area contributed by atoms with Crippen LogP contribution in [-0.2, 0) is 7.05 Å². The van der Waals surface area contributed by atoms with Gasteiger partial charge < -0.3 is 5.32 Å². The zero-order valence-electron chi connectivity index (χ0n) is 11.5. The Kier molecular flexibility index (Phi) is 4.77. The standard InChI is InChI=1S/C14H23N3/c1-7-9-13(8-2)15-10(3)14-11(4)16-17(6)12(14)5/h1,10,13,15H,8-9H2,2-6H3. The highest BCUT2D eigenvalue weighted by Crippen LogP contribution is 2.21. The van der Waals surface area contributed by atoms with E-state index in [-0.39, 0.29) is 0 Å². The van der Waals surface area contributed by atoms with E-state index in [0.717, 1.165) is 18.5 Å². The van der Waals surface area contributed by atoms with Crippen LogP contribution in [0, 0.1) is 26.2 Å². The van der Waals surface area contributed by atoms with Crippen LogP contribution in [0.5, 0.6) is 0 Å². The second-order valence-corrected chi connectivity index (χ2v) is 4.61. The molecule has 0 aliphatic heterocycles. The molecule has 0 bridgehead atoms. The van der Waals surface area contributed by atoms with Gasteiger partial charge in [0.05, 0.1) is 5.69 Å². The van der Waals surface area contributed by atoms with E-state index >= 15 is 0 Å². The first kappa shape index (κ1) is 13.8. The monoisotopic (exact) mass is 233 g/mol. The van der Waals surface area contributed by atoms with Crippen molar-refractivity contribution >= 4 is 0 Å². The first-order valence-electron chi connectivity index (χ1n) is 6.20. The first-order valence-corrected chi connectivity index (χ1v) is 6.20. The lowest BCUT2D eigenvalue weighted by Crippen LogP contribution is -2.31. The van der Waals surface area contributed by atoms with Crippen LogP contribution in [0.15, 0.2) is 0 Å². The van der Waals surface area contributed by atoms with Crippen LogP contribution in [0.2, 0.25) is 0 Å². The Labute approximate surface area is 105 Å². The quantitative estimate of drug-likeness (QED) is 0.792. The highest BCUT2D eigenvalue weighted by atomic mass is 15.3. The van der Waals surface area contributed by atoms with Crippen molar-refractivity contribution in [1.29, 1.82) is 0 Å². The maximum absolute atomic E-state index is 5.38. The van der Waals surface area contributed by atoms with Gasteiger partial charge in [-0.2, -0.15) is 5.10 Å². The van der Waals surface area contributed by atoms with E-state index in [2.05, 4.69) is 44.0 Å². The van der Waals surface area contributed by atoms with Gasteiger partial charge in [-0.25, -0.2) is 0 Å². The third-order valence-electron chi connectivity index (χ3n) is 3.34. The van der Waals surface area contributed by atoms with Crippen molar-refractivity contribution in [3.63, 3.8) is 0 Å². The number of hydrogen-bond donors (Lipinski definition) is 1. The van der Waals surface area contributed by atoms with Crippen molar-refractivity contribution in [1.82, 2.24) is 15.1 Å². The molecular formula is C14H23N3. The lowest BCUT2D eigenvalue weighted by Gasteiger charge is -2.21. The van der Waals surface area contributed by atoms with Crippen LogP contribution in [0.3, 0.4) is 0 Å². The van der Waals surface area contributed by atoms with E-state index in [1.54, 1.807) is 0 Å². The summed E-state index contributed by atoms with van der Waals surface area (Å²) >= 11 is 0. The predicted octanol–water partition coefficient (Wildman–Crippen LogP) is 2.49. The summed E-state index contributed by atoms with van der Waals surface area (Å²) in [6.07, 6.45) is 7.20. The zero-order chi connectivity index (χ0) is 13.0. The summed E-state index contributed by atoms with van der Waals surface area (Å²) < 4.78 is 1.94. The van der Waals surface area contributed by atoms with Crippen LogP contribution in [0.25, 0.3) is 0 Å². The third-order valence-corrected chi connectivity index (χ3v) is 3.34. The SMILES string of the molecule is C#CCC(CC)NC(C)c1c(C)nn(C)c1C. The number of nitrogens with zero attached hydrogens (tertiary/aromatic N) is 2. The molecule has 0 saturated heterocycles. The Bertz CT molecular complexity index is 412. The molecule has 0 saturated carbocycles. The van der Waals surface area contributed by atoms with Gasteiger partial charge in [-0.05, 0) is 27.2 Å². The third kappa shape index (κ3) is 3.10. The molecule has 3 heteroatoms. The summed E-state index contributed by atoms with van der Waals surface area (Å²) in [6, 6.07) is 0.677. The van der Waals surface area contributed by atoms with E-state index in [9.17, 15) is 0 Å². The van der Waals surface area contributed by atoms with Crippen LogP contribution < -0.4 is 5.32 Å². The van der Waals surface area contributed by atoms with Crippen molar-refractivity contribution < 1.29 is 0 Å². The largest absolute Gasteiger partial charge is 0.306 e. The number of hydrogen-bond acceptors (Lipinski definition) is 2. The molecule has 0 fully saturated rings. The minimum Gasteiger partial charge on any atom is -0.306 e. The van der Waals surface area contributed by atoms with Crippen molar-refractivity contribution in [3.8, 4) is 12.3 Å². The molecule has 0 aliphatic rings. The normalized spacial score (nSPS) is 14.4. The molecule has 0 aliphatic carbocycles. The van der Waals surface area contributed by atoms with Crippen LogP contribution >= 0.6 is 0 Å². The Morgan fingerprint density at radius 3 is 2.53 bits per heavy atom. The molecule has 2 atom stereocenters. The molecule has 3 nitrogen and oxygen atoms in total. The summed E-state index contributed by atoms with van der Waals surface area (Å²) in [4.78, 5) is 0. The lowest BCUT2D eigenvalue weighted by atomic mass is 10.0. The van der Waals surface area contributed by atoms with Gasteiger partial charge in [0.15, 0.2) is 0 Å². The van der Waals surface area contributed by atoms with Gasteiger partial charge in [0.2, 0.25) is 0 Å². The van der Waals surface area contributed by atoms with Gasteiger partial charge in [0.1, 0.15) is 0 Å². The number of aryl methyl sites for hydroxylation is 2. The van der Waals surface area contributed by atoms with E-state index in [4.69, 9.17) is 6.42 Å². The van der Waals surface area contributed by atoms with Crippen molar-refractivity contribution in [2.75, 3.05) is 0 Å². The van der Waals surface area contributed by atoms with Crippen molar-refractivity contribution in [3.05, 3.63) is 17.0 Å². The van der Waals surface area contributed by atoms with Crippen LogP contribution in [0.4, 0.5) is 0 Å². The fourth-order valence-corrected chi connectivity index (χ4v) is 2.32. The number of rotatable bonds is 5. The Balaban J connectivity index is 2.82. The molecular weight excluding hydrogens is 210 g/mol. The topological polar surface area (TPSA) is 29.9 Å². The minimum absolute atomic E-state index is 0.294. The van der Waals surface area contributed by atoms with Crippen molar-refractivity contribution in [2.45, 2.75) is 52.6 Å². The first-order chi connectivity index (χ1) is 8.01. The maximum atomic E-state index is 5.38. The molecule has 0 radical (unpaired) electrons. The van der Waals surface area contributed by atoms with E-state index < -0.39 is 0 Å². The average molecular weight is 233 g/mol. The number of aromatic nitrogens is 2. The molecule has 1 heterocycles. The fraction of sp³-hybridized carbons (Fsp3) is 0.643. The Hall–Kier alpha value is -1.27. The summed E-state index contributed by atoms with van der Waals surface area (Å²) in [5.41, 5.74) is 3.61. The van der Waals surface area contributed by atoms with Gasteiger partial charge in [-0.3, -0.25) is 4.68 Å². The molecule has 0 amide bonds. The average Bonchev–Trinajstić information content (AvgIpc) is 2.52. The van der Waals surface area contributed by atoms with Gasteiger partial charge in [0.25, 0.3) is 0 Å². The molecule has 1 aromatic rings. The lowest BCUT2D eigenvalue weighted by molar-refractivity contribution is 0.447. The molecule has 0 aromatic carbocycles. The van der Waals surface area contributed by atoms with Gasteiger partial charge in [-0.1, -0.05) is 6.92 Å². The second-order valence-electron chi connectivity index (χ2n) is 4.61. The highest BCUT2D eigenvalue weighted by Gasteiger charge is 2.18. The van der Waals surface area contributed by atoms with Crippen LogP contribution in [-0.4, -0.2) is 15.8 Å². The Morgan fingerprint density at radius 2 is 2.12 bits per heavy atom. The van der Waals surface area contributed by atoms with Gasteiger partial charge in [0, 0.05) is 36.8 Å². The summed E-state index contributed by atoms with van der Waals surface area (Å²) in [5, 5.41) is 8.03. The highest BCUT2D eigenvalue weighted by molar-refractivity contribution is 5.27. The summed E-state index contributed by atoms with van der Waals surface area (Å²) in [7, 11) is 1.98. The minimum atomic E-state index is 0.294. The zero-order valence-corrected chi connectivity index (χ0v) is 11.5. The molecule has 1 N–H and O–H groups in total. The molecule has 1 rings (SSSR count).